The number of ether oxygens (including phenoxy) is 2. The topological polar surface area (TPSA) is 90.4 Å². The third kappa shape index (κ3) is 4.74. The minimum Gasteiger partial charge on any atom is -0.460 e. The SMILES string of the molecule is CC1=C(C(=O)OCc2ccncc2)C(c2ccccn2)C(C(=O)OC(C)C)=C(C)N1. The Morgan fingerprint density at radius 3 is 2.27 bits per heavy atom. The van der Waals surface area contributed by atoms with E-state index in [4.69, 9.17) is 9.47 Å². The Hall–Kier alpha value is -3.48. The Balaban J connectivity index is 1.98. The molecule has 7 nitrogen and oxygen atoms in total. The van der Waals surface area contributed by atoms with Crippen LogP contribution in [0.4, 0.5) is 0 Å². The highest BCUT2D eigenvalue weighted by Crippen LogP contribution is 2.38. The molecule has 3 heterocycles. The predicted octanol–water partition coefficient (Wildman–Crippen LogP) is 3.41. The van der Waals surface area contributed by atoms with Crippen LogP contribution in [0.2, 0.25) is 0 Å². The second kappa shape index (κ2) is 9.35. The fraction of sp³-hybridized carbons (Fsp3) is 0.304. The van der Waals surface area contributed by atoms with Crippen LogP contribution in [0.15, 0.2) is 71.5 Å². The first kappa shape index (κ1) is 21.2. The lowest BCUT2D eigenvalue weighted by Crippen LogP contribution is -2.33. The van der Waals surface area contributed by atoms with Gasteiger partial charge in [0.15, 0.2) is 0 Å². The molecule has 156 valence electrons. The number of pyridine rings is 2. The summed E-state index contributed by atoms with van der Waals surface area (Å²) in [6, 6.07) is 8.94. The maximum absolute atomic E-state index is 13.1. The fourth-order valence-corrected chi connectivity index (χ4v) is 3.36. The van der Waals surface area contributed by atoms with Gasteiger partial charge >= 0.3 is 11.9 Å². The lowest BCUT2D eigenvalue weighted by atomic mass is 9.82. The highest BCUT2D eigenvalue weighted by molar-refractivity contribution is 5.99. The Morgan fingerprint density at radius 2 is 1.67 bits per heavy atom. The first-order chi connectivity index (χ1) is 14.4. The smallest absolute Gasteiger partial charge is 0.337 e. The minimum absolute atomic E-state index is 0.0988. The number of rotatable bonds is 6. The number of dihydropyridines is 1. The summed E-state index contributed by atoms with van der Waals surface area (Å²) in [6.07, 6.45) is 4.61. The standard InChI is InChI=1S/C23H25N3O4/c1-14(2)30-23(28)20-16(4)26-15(3)19(21(20)18-7-5-6-10-25-18)22(27)29-13-17-8-11-24-12-9-17/h5-12,14,21,26H,13H2,1-4H3. The Morgan fingerprint density at radius 1 is 1.00 bits per heavy atom. The molecule has 1 aliphatic heterocycles. The van der Waals surface area contributed by atoms with Crippen molar-refractivity contribution in [1.82, 2.24) is 15.3 Å². The lowest BCUT2D eigenvalue weighted by molar-refractivity contribution is -0.143. The Labute approximate surface area is 175 Å². The van der Waals surface area contributed by atoms with Crippen molar-refractivity contribution in [3.05, 3.63) is 82.7 Å². The van der Waals surface area contributed by atoms with Gasteiger partial charge in [0.2, 0.25) is 0 Å². The van der Waals surface area contributed by atoms with Crippen molar-refractivity contribution in [2.24, 2.45) is 0 Å². The molecule has 0 saturated heterocycles. The number of hydrogen-bond donors (Lipinski definition) is 1. The maximum Gasteiger partial charge on any atom is 0.337 e. The Bertz CT molecular complexity index is 982. The van der Waals surface area contributed by atoms with E-state index >= 15 is 0 Å². The zero-order valence-corrected chi connectivity index (χ0v) is 17.5. The number of carbonyl (C=O) groups is 2. The van der Waals surface area contributed by atoms with Gasteiger partial charge in [0.25, 0.3) is 0 Å². The van der Waals surface area contributed by atoms with Crippen LogP contribution in [-0.2, 0) is 25.7 Å². The third-order valence-electron chi connectivity index (χ3n) is 4.65. The molecule has 1 atom stereocenters. The van der Waals surface area contributed by atoms with Crippen LogP contribution in [-0.4, -0.2) is 28.0 Å². The molecule has 0 radical (unpaired) electrons. The molecule has 1 aliphatic rings. The number of nitrogens with one attached hydrogen (secondary N) is 1. The number of aromatic nitrogens is 2. The van der Waals surface area contributed by atoms with E-state index in [0.717, 1.165) is 5.56 Å². The molecule has 0 fully saturated rings. The average Bonchev–Trinajstić information content (AvgIpc) is 2.72. The molecular formula is C23H25N3O4. The summed E-state index contributed by atoms with van der Waals surface area (Å²) in [7, 11) is 0. The van der Waals surface area contributed by atoms with E-state index in [1.54, 1.807) is 70.6 Å². The summed E-state index contributed by atoms with van der Waals surface area (Å²) in [4.78, 5) is 34.4. The summed E-state index contributed by atoms with van der Waals surface area (Å²) >= 11 is 0. The van der Waals surface area contributed by atoms with E-state index < -0.39 is 17.9 Å². The van der Waals surface area contributed by atoms with Gasteiger partial charge in [-0.05, 0) is 57.5 Å². The highest BCUT2D eigenvalue weighted by atomic mass is 16.5. The maximum atomic E-state index is 13.1. The van der Waals surface area contributed by atoms with Gasteiger partial charge in [-0.3, -0.25) is 9.97 Å². The fourth-order valence-electron chi connectivity index (χ4n) is 3.36. The van der Waals surface area contributed by atoms with Crippen LogP contribution in [0, 0.1) is 0 Å². The summed E-state index contributed by atoms with van der Waals surface area (Å²) in [5.41, 5.74) is 3.32. The number of nitrogens with zero attached hydrogens (tertiary/aromatic N) is 2. The average molecular weight is 407 g/mol. The largest absolute Gasteiger partial charge is 0.460 e. The monoisotopic (exact) mass is 407 g/mol. The van der Waals surface area contributed by atoms with E-state index in [-0.39, 0.29) is 12.7 Å². The number of allylic oxidation sites excluding steroid dienone is 2. The summed E-state index contributed by atoms with van der Waals surface area (Å²) < 4.78 is 11.0. The van der Waals surface area contributed by atoms with E-state index in [1.165, 1.54) is 0 Å². The van der Waals surface area contributed by atoms with E-state index in [9.17, 15) is 9.59 Å². The van der Waals surface area contributed by atoms with Crippen LogP contribution >= 0.6 is 0 Å². The van der Waals surface area contributed by atoms with Gasteiger partial charge in [-0.1, -0.05) is 6.07 Å². The second-order valence-electron chi connectivity index (χ2n) is 7.28. The molecule has 0 aromatic carbocycles. The van der Waals surface area contributed by atoms with Crippen molar-refractivity contribution in [2.45, 2.75) is 46.3 Å². The quantitative estimate of drug-likeness (QED) is 0.734. The molecular weight excluding hydrogens is 382 g/mol. The van der Waals surface area contributed by atoms with E-state index in [0.29, 0.717) is 28.2 Å². The van der Waals surface area contributed by atoms with E-state index in [1.807, 2.05) is 6.07 Å². The molecule has 0 saturated carbocycles. The number of carbonyl (C=O) groups excluding carboxylic acids is 2. The predicted molar refractivity (Wildman–Crippen MR) is 111 cm³/mol. The molecule has 0 aliphatic carbocycles. The third-order valence-corrected chi connectivity index (χ3v) is 4.65. The normalized spacial score (nSPS) is 16.4. The van der Waals surface area contributed by atoms with Crippen molar-refractivity contribution in [2.75, 3.05) is 0 Å². The number of hydrogen-bond acceptors (Lipinski definition) is 7. The van der Waals surface area contributed by atoms with Crippen LogP contribution in [0.25, 0.3) is 0 Å². The minimum atomic E-state index is -0.691. The van der Waals surface area contributed by atoms with Gasteiger partial charge in [-0.25, -0.2) is 9.59 Å². The summed E-state index contributed by atoms with van der Waals surface area (Å²) in [6.45, 7) is 7.24. The highest BCUT2D eigenvalue weighted by Gasteiger charge is 2.39. The molecule has 0 bridgehead atoms. The lowest BCUT2D eigenvalue weighted by Gasteiger charge is -2.30. The van der Waals surface area contributed by atoms with Crippen molar-refractivity contribution in [3.63, 3.8) is 0 Å². The summed E-state index contributed by atoms with van der Waals surface area (Å²) in [5.74, 6) is -1.70. The molecule has 7 heteroatoms. The molecule has 0 spiro atoms. The van der Waals surface area contributed by atoms with E-state index in [2.05, 4.69) is 15.3 Å². The van der Waals surface area contributed by atoms with Gasteiger partial charge < -0.3 is 14.8 Å². The first-order valence-electron chi connectivity index (χ1n) is 9.75. The van der Waals surface area contributed by atoms with Crippen molar-refractivity contribution in [1.29, 1.82) is 0 Å². The van der Waals surface area contributed by atoms with Gasteiger partial charge in [0.1, 0.15) is 6.61 Å². The molecule has 2 aromatic heterocycles. The Kier molecular flexibility index (Phi) is 6.61. The van der Waals surface area contributed by atoms with Gasteiger partial charge in [-0.2, -0.15) is 0 Å². The van der Waals surface area contributed by atoms with Crippen molar-refractivity contribution >= 4 is 11.9 Å². The van der Waals surface area contributed by atoms with Crippen LogP contribution in [0.5, 0.6) is 0 Å². The van der Waals surface area contributed by atoms with Gasteiger partial charge in [-0.15, -0.1) is 0 Å². The zero-order valence-electron chi connectivity index (χ0n) is 17.5. The molecule has 30 heavy (non-hydrogen) atoms. The molecule has 2 aromatic rings. The van der Waals surface area contributed by atoms with Crippen LogP contribution < -0.4 is 5.32 Å². The molecule has 1 unspecified atom stereocenters. The molecule has 1 N–H and O–H groups in total. The van der Waals surface area contributed by atoms with Crippen molar-refractivity contribution < 1.29 is 19.1 Å². The second-order valence-corrected chi connectivity index (χ2v) is 7.28. The molecule has 3 rings (SSSR count). The number of esters is 2. The van der Waals surface area contributed by atoms with Crippen molar-refractivity contribution in [3.8, 4) is 0 Å². The van der Waals surface area contributed by atoms with Crippen LogP contribution in [0.1, 0.15) is 44.9 Å². The van der Waals surface area contributed by atoms with Gasteiger partial charge in [0, 0.05) is 30.0 Å². The first-order valence-corrected chi connectivity index (χ1v) is 9.75. The van der Waals surface area contributed by atoms with Gasteiger partial charge in [0.05, 0.1) is 28.9 Å². The molecule has 0 amide bonds. The van der Waals surface area contributed by atoms with Crippen LogP contribution in [0.3, 0.4) is 0 Å². The zero-order chi connectivity index (χ0) is 21.7. The summed E-state index contributed by atoms with van der Waals surface area (Å²) in [5, 5.41) is 3.13.